The number of carbonyl (C=O) groups excluding carboxylic acids is 1. The van der Waals surface area contributed by atoms with Crippen molar-refractivity contribution in [2.45, 2.75) is 19.8 Å². The summed E-state index contributed by atoms with van der Waals surface area (Å²) in [5, 5.41) is 6.22. The summed E-state index contributed by atoms with van der Waals surface area (Å²) in [5.41, 5.74) is 0.0171. The van der Waals surface area contributed by atoms with Crippen molar-refractivity contribution < 1.29 is 9.18 Å². The van der Waals surface area contributed by atoms with Gasteiger partial charge in [0.05, 0.1) is 5.41 Å². The van der Waals surface area contributed by atoms with Crippen LogP contribution in [0, 0.1) is 11.2 Å². The van der Waals surface area contributed by atoms with Crippen LogP contribution in [0.1, 0.15) is 19.8 Å². The average Bonchev–Trinajstić information content (AvgIpc) is 2.77. The molecule has 0 aliphatic carbocycles. The highest BCUT2D eigenvalue weighted by Crippen LogP contribution is 2.31. The van der Waals surface area contributed by atoms with Gasteiger partial charge in [0.2, 0.25) is 5.91 Å². The zero-order valence-corrected chi connectivity index (χ0v) is 11.0. The van der Waals surface area contributed by atoms with Gasteiger partial charge in [-0.2, -0.15) is 0 Å². The van der Waals surface area contributed by atoms with E-state index >= 15 is 0 Å². The molecule has 18 heavy (non-hydrogen) atoms. The van der Waals surface area contributed by atoms with Gasteiger partial charge in [-0.15, -0.1) is 0 Å². The van der Waals surface area contributed by atoms with Crippen LogP contribution in [0.25, 0.3) is 0 Å². The fourth-order valence-corrected chi connectivity index (χ4v) is 2.51. The molecule has 1 unspecified atom stereocenters. The van der Waals surface area contributed by atoms with Crippen molar-refractivity contribution in [3.8, 4) is 0 Å². The Kier molecular flexibility index (Phi) is 3.88. The molecule has 5 heteroatoms. The molecule has 3 nitrogen and oxygen atoms in total. The Morgan fingerprint density at radius 2 is 2.33 bits per heavy atom. The quantitative estimate of drug-likeness (QED) is 0.887. The summed E-state index contributed by atoms with van der Waals surface area (Å²) in [7, 11) is 0. The van der Waals surface area contributed by atoms with Crippen molar-refractivity contribution >= 4 is 23.2 Å². The monoisotopic (exact) mass is 270 g/mol. The molecule has 1 aromatic carbocycles. The molecule has 1 amide bonds. The van der Waals surface area contributed by atoms with E-state index in [4.69, 9.17) is 11.6 Å². The molecule has 1 aromatic rings. The summed E-state index contributed by atoms with van der Waals surface area (Å²) >= 11 is 5.76. The Morgan fingerprint density at radius 3 is 2.89 bits per heavy atom. The topological polar surface area (TPSA) is 41.1 Å². The van der Waals surface area contributed by atoms with E-state index < -0.39 is 11.2 Å². The van der Waals surface area contributed by atoms with Crippen molar-refractivity contribution in [2.24, 2.45) is 5.41 Å². The molecule has 0 aromatic heterocycles. The van der Waals surface area contributed by atoms with Gasteiger partial charge in [-0.25, -0.2) is 4.39 Å². The Bertz CT molecular complexity index is 438. The zero-order chi connectivity index (χ0) is 13.2. The summed E-state index contributed by atoms with van der Waals surface area (Å²) in [6.45, 7) is 3.49. The summed E-state index contributed by atoms with van der Waals surface area (Å²) in [5.74, 6) is -0.524. The summed E-state index contributed by atoms with van der Waals surface area (Å²) in [4.78, 5) is 12.3. The maximum Gasteiger partial charge on any atom is 0.231 e. The molecule has 1 fully saturated rings. The molecule has 0 radical (unpaired) electrons. The number of carbonyl (C=O) groups is 1. The number of hydrogen-bond acceptors (Lipinski definition) is 2. The molecular weight excluding hydrogens is 255 g/mol. The van der Waals surface area contributed by atoms with Crippen LogP contribution in [0.3, 0.4) is 0 Å². The van der Waals surface area contributed by atoms with Crippen LogP contribution < -0.4 is 10.6 Å². The fourth-order valence-electron chi connectivity index (χ4n) is 2.29. The largest absolute Gasteiger partial charge is 0.325 e. The minimum Gasteiger partial charge on any atom is -0.325 e. The molecule has 0 spiro atoms. The van der Waals surface area contributed by atoms with Gasteiger partial charge in [0.1, 0.15) is 5.82 Å². The second-order valence-electron chi connectivity index (χ2n) is 4.67. The molecule has 1 aliphatic rings. The van der Waals surface area contributed by atoms with E-state index in [0.29, 0.717) is 12.2 Å². The van der Waals surface area contributed by atoms with E-state index in [1.165, 1.54) is 12.1 Å². The van der Waals surface area contributed by atoms with Crippen molar-refractivity contribution in [2.75, 3.05) is 18.4 Å². The van der Waals surface area contributed by atoms with E-state index in [9.17, 15) is 9.18 Å². The van der Waals surface area contributed by atoms with Gasteiger partial charge in [-0.3, -0.25) is 4.79 Å². The average molecular weight is 271 g/mol. The van der Waals surface area contributed by atoms with E-state index in [1.807, 2.05) is 6.92 Å². The molecule has 0 bridgehead atoms. The van der Waals surface area contributed by atoms with E-state index in [0.717, 1.165) is 19.4 Å². The SMILES string of the molecule is CCC1(C(=O)Nc2cc(F)cc(Cl)c2)CCNC1. The smallest absolute Gasteiger partial charge is 0.231 e. The van der Waals surface area contributed by atoms with Gasteiger partial charge >= 0.3 is 0 Å². The first-order chi connectivity index (χ1) is 8.55. The highest BCUT2D eigenvalue weighted by molar-refractivity contribution is 6.30. The lowest BCUT2D eigenvalue weighted by molar-refractivity contribution is -0.124. The maximum atomic E-state index is 13.2. The Labute approximate surface area is 111 Å². The Hall–Kier alpha value is -1.13. The van der Waals surface area contributed by atoms with Gasteiger partial charge in [0, 0.05) is 17.3 Å². The number of nitrogens with one attached hydrogen (secondary N) is 2. The lowest BCUT2D eigenvalue weighted by Crippen LogP contribution is -2.37. The van der Waals surface area contributed by atoms with Crippen LogP contribution in [0.2, 0.25) is 5.02 Å². The first kappa shape index (κ1) is 13.3. The lowest BCUT2D eigenvalue weighted by Gasteiger charge is -2.25. The molecular formula is C13H16ClFN2O. The number of benzene rings is 1. The molecule has 2 rings (SSSR count). The predicted octanol–water partition coefficient (Wildman–Crippen LogP) is 2.81. The second-order valence-corrected chi connectivity index (χ2v) is 5.11. The van der Waals surface area contributed by atoms with Crippen molar-refractivity contribution in [1.82, 2.24) is 5.32 Å². The van der Waals surface area contributed by atoms with Gasteiger partial charge in [-0.1, -0.05) is 18.5 Å². The standard InChI is InChI=1S/C13H16ClFN2O/c1-2-13(3-4-16-8-13)12(18)17-11-6-9(14)5-10(15)7-11/h5-7,16H,2-4,8H2,1H3,(H,17,18). The van der Waals surface area contributed by atoms with Gasteiger partial charge in [-0.05, 0) is 37.6 Å². The van der Waals surface area contributed by atoms with Crippen molar-refractivity contribution in [3.63, 3.8) is 0 Å². The van der Waals surface area contributed by atoms with Gasteiger partial charge in [0.25, 0.3) is 0 Å². The highest BCUT2D eigenvalue weighted by atomic mass is 35.5. The first-order valence-electron chi connectivity index (χ1n) is 6.04. The number of hydrogen-bond donors (Lipinski definition) is 2. The number of rotatable bonds is 3. The summed E-state index contributed by atoms with van der Waals surface area (Å²) in [6.07, 6.45) is 1.56. The van der Waals surface area contributed by atoms with Crippen LogP contribution in [0.15, 0.2) is 18.2 Å². The second kappa shape index (κ2) is 5.24. The number of amides is 1. The third-order valence-electron chi connectivity index (χ3n) is 3.52. The van der Waals surface area contributed by atoms with E-state index in [1.54, 1.807) is 6.07 Å². The van der Waals surface area contributed by atoms with Crippen LogP contribution in [0.4, 0.5) is 10.1 Å². The summed E-state index contributed by atoms with van der Waals surface area (Å²) in [6, 6.07) is 4.04. The normalized spacial score (nSPS) is 23.1. The molecule has 2 N–H and O–H groups in total. The van der Waals surface area contributed by atoms with Gasteiger partial charge < -0.3 is 10.6 Å². The van der Waals surface area contributed by atoms with Crippen LogP contribution in [-0.4, -0.2) is 19.0 Å². The van der Waals surface area contributed by atoms with E-state index in [-0.39, 0.29) is 10.9 Å². The van der Waals surface area contributed by atoms with Gasteiger partial charge in [0.15, 0.2) is 0 Å². The molecule has 0 saturated carbocycles. The van der Waals surface area contributed by atoms with Crippen molar-refractivity contribution in [1.29, 1.82) is 0 Å². The molecule has 1 saturated heterocycles. The van der Waals surface area contributed by atoms with Crippen LogP contribution in [-0.2, 0) is 4.79 Å². The Balaban J connectivity index is 2.15. The number of halogens is 2. The predicted molar refractivity (Wildman–Crippen MR) is 70.3 cm³/mol. The minimum absolute atomic E-state index is 0.0725. The maximum absolute atomic E-state index is 13.2. The molecule has 98 valence electrons. The highest BCUT2D eigenvalue weighted by Gasteiger charge is 2.39. The molecule has 1 atom stereocenters. The third kappa shape index (κ3) is 2.65. The van der Waals surface area contributed by atoms with Crippen LogP contribution in [0.5, 0.6) is 0 Å². The lowest BCUT2D eigenvalue weighted by atomic mass is 9.83. The molecule has 1 heterocycles. The Morgan fingerprint density at radius 1 is 1.56 bits per heavy atom. The molecule has 1 aliphatic heterocycles. The zero-order valence-electron chi connectivity index (χ0n) is 10.2. The fraction of sp³-hybridized carbons (Fsp3) is 0.462. The van der Waals surface area contributed by atoms with Crippen LogP contribution >= 0.6 is 11.6 Å². The minimum atomic E-state index is -0.451. The van der Waals surface area contributed by atoms with E-state index in [2.05, 4.69) is 10.6 Å². The number of anilines is 1. The first-order valence-corrected chi connectivity index (χ1v) is 6.42. The third-order valence-corrected chi connectivity index (χ3v) is 3.74. The summed E-state index contributed by atoms with van der Waals surface area (Å²) < 4.78 is 13.2. The van der Waals surface area contributed by atoms with Crippen molar-refractivity contribution in [3.05, 3.63) is 29.0 Å².